The van der Waals surface area contributed by atoms with Gasteiger partial charge in [-0.25, -0.2) is 4.79 Å². The van der Waals surface area contributed by atoms with Crippen LogP contribution in [0.15, 0.2) is 47.4 Å². The van der Waals surface area contributed by atoms with E-state index in [0.717, 1.165) is 18.4 Å². The summed E-state index contributed by atoms with van der Waals surface area (Å²) in [6.45, 7) is 2.85. The molecule has 0 spiro atoms. The molecule has 122 valence electrons. The van der Waals surface area contributed by atoms with Crippen molar-refractivity contribution in [3.63, 3.8) is 0 Å². The molecule has 2 rings (SSSR count). The summed E-state index contributed by atoms with van der Waals surface area (Å²) >= 11 is 12.0. The van der Waals surface area contributed by atoms with Crippen molar-refractivity contribution < 1.29 is 4.74 Å². The van der Waals surface area contributed by atoms with E-state index in [1.807, 2.05) is 13.0 Å². The van der Waals surface area contributed by atoms with Crippen LogP contribution in [-0.2, 0) is 6.54 Å². The molecule has 1 heterocycles. The van der Waals surface area contributed by atoms with Gasteiger partial charge in [0.05, 0.1) is 13.2 Å². The first-order valence-corrected chi connectivity index (χ1v) is 8.11. The number of ether oxygens (including phenoxy) is 1. The predicted molar refractivity (Wildman–Crippen MR) is 93.6 cm³/mol. The summed E-state index contributed by atoms with van der Waals surface area (Å²) in [6.07, 6.45) is 7.56. The summed E-state index contributed by atoms with van der Waals surface area (Å²) in [6, 6.07) is 6.87. The van der Waals surface area contributed by atoms with E-state index in [4.69, 9.17) is 27.9 Å². The summed E-state index contributed by atoms with van der Waals surface area (Å²) in [7, 11) is 0. The lowest BCUT2D eigenvalue weighted by molar-refractivity contribution is 0.297. The molecule has 2 aromatic rings. The van der Waals surface area contributed by atoms with Crippen LogP contribution < -0.4 is 10.4 Å². The standard InChI is InChI=1S/C17H18Cl2N2O2/c1-2-3-4-5-10-23-16-8-9-21(17(22)20-16)12-13-6-7-14(18)11-15(13)19/h2-3,6-9,11H,4-5,10,12H2,1H3. The van der Waals surface area contributed by atoms with Gasteiger partial charge < -0.3 is 4.74 Å². The van der Waals surface area contributed by atoms with Gasteiger partial charge in [-0.3, -0.25) is 4.57 Å². The Morgan fingerprint density at radius 3 is 2.83 bits per heavy atom. The Morgan fingerprint density at radius 1 is 1.30 bits per heavy atom. The van der Waals surface area contributed by atoms with Crippen LogP contribution in [0.5, 0.6) is 5.88 Å². The molecule has 6 heteroatoms. The van der Waals surface area contributed by atoms with Crippen LogP contribution in [0.25, 0.3) is 0 Å². The minimum atomic E-state index is -0.373. The SMILES string of the molecule is CC=CCCCOc1ccn(Cc2ccc(Cl)cc2Cl)c(=O)n1. The van der Waals surface area contributed by atoms with Crippen LogP contribution in [0, 0.1) is 0 Å². The van der Waals surface area contributed by atoms with Crippen molar-refractivity contribution in [1.82, 2.24) is 9.55 Å². The van der Waals surface area contributed by atoms with Gasteiger partial charge in [0, 0.05) is 22.3 Å². The zero-order chi connectivity index (χ0) is 16.7. The maximum absolute atomic E-state index is 12.0. The maximum atomic E-state index is 12.0. The number of aromatic nitrogens is 2. The third kappa shape index (κ3) is 5.41. The third-order valence-corrected chi connectivity index (χ3v) is 3.79. The molecule has 0 atom stereocenters. The molecule has 0 aliphatic carbocycles. The topological polar surface area (TPSA) is 44.1 Å². The molecule has 0 bridgehead atoms. The number of rotatable bonds is 7. The molecule has 0 saturated heterocycles. The first-order chi connectivity index (χ1) is 11.1. The van der Waals surface area contributed by atoms with E-state index in [0.29, 0.717) is 29.1 Å². The van der Waals surface area contributed by atoms with Crippen LogP contribution in [0.3, 0.4) is 0 Å². The third-order valence-electron chi connectivity index (χ3n) is 3.21. The Kier molecular flexibility index (Phi) is 6.68. The fourth-order valence-electron chi connectivity index (χ4n) is 1.99. The number of allylic oxidation sites excluding steroid dienone is 2. The van der Waals surface area contributed by atoms with E-state index >= 15 is 0 Å². The van der Waals surface area contributed by atoms with E-state index in [-0.39, 0.29) is 5.69 Å². The summed E-state index contributed by atoms with van der Waals surface area (Å²) in [5.41, 5.74) is 0.432. The molecule has 1 aromatic carbocycles. The molecular formula is C17H18Cl2N2O2. The van der Waals surface area contributed by atoms with Crippen molar-refractivity contribution in [3.05, 3.63) is 68.7 Å². The number of unbranched alkanes of at least 4 members (excludes halogenated alkanes) is 1. The molecular weight excluding hydrogens is 335 g/mol. The smallest absolute Gasteiger partial charge is 0.351 e. The van der Waals surface area contributed by atoms with Crippen molar-refractivity contribution in [2.45, 2.75) is 26.3 Å². The van der Waals surface area contributed by atoms with E-state index in [9.17, 15) is 4.79 Å². The van der Waals surface area contributed by atoms with Gasteiger partial charge in [-0.2, -0.15) is 4.98 Å². The molecule has 1 aromatic heterocycles. The largest absolute Gasteiger partial charge is 0.477 e. The van der Waals surface area contributed by atoms with Crippen molar-refractivity contribution in [2.24, 2.45) is 0 Å². The first kappa shape index (κ1) is 17.6. The molecule has 0 aliphatic heterocycles. The zero-order valence-corrected chi connectivity index (χ0v) is 14.3. The van der Waals surface area contributed by atoms with E-state index < -0.39 is 0 Å². The molecule has 0 aliphatic rings. The first-order valence-electron chi connectivity index (χ1n) is 7.35. The lowest BCUT2D eigenvalue weighted by atomic mass is 10.2. The minimum absolute atomic E-state index is 0.337. The van der Waals surface area contributed by atoms with Crippen molar-refractivity contribution in [2.75, 3.05) is 6.61 Å². The van der Waals surface area contributed by atoms with E-state index in [2.05, 4.69) is 11.1 Å². The Balaban J connectivity index is 2.00. The number of nitrogens with zero attached hydrogens (tertiary/aromatic N) is 2. The van der Waals surface area contributed by atoms with Gasteiger partial charge in [0.1, 0.15) is 0 Å². The van der Waals surface area contributed by atoms with E-state index in [1.165, 1.54) is 4.57 Å². The normalized spacial score (nSPS) is 11.1. The average Bonchev–Trinajstić information content (AvgIpc) is 2.52. The summed E-state index contributed by atoms with van der Waals surface area (Å²) in [5.74, 6) is 0.342. The quantitative estimate of drug-likeness (QED) is 0.550. The Bertz CT molecular complexity index is 742. The Morgan fingerprint density at radius 2 is 2.13 bits per heavy atom. The van der Waals surface area contributed by atoms with Crippen LogP contribution >= 0.6 is 23.2 Å². The molecule has 0 unspecified atom stereocenters. The fourth-order valence-corrected chi connectivity index (χ4v) is 2.46. The van der Waals surface area contributed by atoms with E-state index in [1.54, 1.807) is 30.5 Å². The second kappa shape index (κ2) is 8.75. The highest BCUT2D eigenvalue weighted by atomic mass is 35.5. The molecule has 0 N–H and O–H groups in total. The number of halogens is 2. The lowest BCUT2D eigenvalue weighted by Gasteiger charge is -2.09. The number of hydrogen-bond donors (Lipinski definition) is 0. The second-order valence-corrected chi connectivity index (χ2v) is 5.82. The fraction of sp³-hybridized carbons (Fsp3) is 0.294. The highest BCUT2D eigenvalue weighted by molar-refractivity contribution is 6.35. The van der Waals surface area contributed by atoms with Crippen molar-refractivity contribution in [1.29, 1.82) is 0 Å². The van der Waals surface area contributed by atoms with Crippen LogP contribution in [-0.4, -0.2) is 16.2 Å². The van der Waals surface area contributed by atoms with Crippen LogP contribution in [0.2, 0.25) is 10.0 Å². The van der Waals surface area contributed by atoms with Gasteiger partial charge in [-0.05, 0) is 37.5 Å². The van der Waals surface area contributed by atoms with Crippen molar-refractivity contribution in [3.8, 4) is 5.88 Å². The predicted octanol–water partition coefficient (Wildman–Crippen LogP) is 4.33. The van der Waals surface area contributed by atoms with Crippen LogP contribution in [0.1, 0.15) is 25.3 Å². The lowest BCUT2D eigenvalue weighted by Crippen LogP contribution is -2.23. The summed E-state index contributed by atoms with van der Waals surface area (Å²) in [4.78, 5) is 16.0. The highest BCUT2D eigenvalue weighted by Gasteiger charge is 2.06. The zero-order valence-electron chi connectivity index (χ0n) is 12.8. The summed E-state index contributed by atoms with van der Waals surface area (Å²) < 4.78 is 6.95. The van der Waals surface area contributed by atoms with Gasteiger partial charge in [0.2, 0.25) is 5.88 Å². The molecule has 0 radical (unpaired) electrons. The van der Waals surface area contributed by atoms with Gasteiger partial charge in [0.15, 0.2) is 0 Å². The minimum Gasteiger partial charge on any atom is -0.477 e. The monoisotopic (exact) mass is 352 g/mol. The van der Waals surface area contributed by atoms with Crippen molar-refractivity contribution >= 4 is 23.2 Å². The van der Waals surface area contributed by atoms with Gasteiger partial charge in [-0.1, -0.05) is 41.4 Å². The van der Waals surface area contributed by atoms with Gasteiger partial charge >= 0.3 is 5.69 Å². The molecule has 4 nitrogen and oxygen atoms in total. The Labute approximate surface area is 145 Å². The molecule has 0 fully saturated rings. The second-order valence-electron chi connectivity index (χ2n) is 4.97. The van der Waals surface area contributed by atoms with Gasteiger partial charge in [-0.15, -0.1) is 0 Å². The number of benzene rings is 1. The average molecular weight is 353 g/mol. The molecule has 0 amide bonds. The maximum Gasteiger partial charge on any atom is 0.351 e. The summed E-state index contributed by atoms with van der Waals surface area (Å²) in [5, 5.41) is 1.08. The number of hydrogen-bond acceptors (Lipinski definition) is 3. The van der Waals surface area contributed by atoms with Crippen LogP contribution in [0.4, 0.5) is 0 Å². The van der Waals surface area contributed by atoms with Gasteiger partial charge in [0.25, 0.3) is 0 Å². The molecule has 23 heavy (non-hydrogen) atoms. The molecule has 0 saturated carbocycles. The highest BCUT2D eigenvalue weighted by Crippen LogP contribution is 2.21. The Hall–Kier alpha value is -1.78.